The second kappa shape index (κ2) is 6.41. The summed E-state index contributed by atoms with van der Waals surface area (Å²) in [6.45, 7) is 1.72. The fourth-order valence-electron chi connectivity index (χ4n) is 2.00. The first-order valence-electron chi connectivity index (χ1n) is 6.34. The molecule has 0 unspecified atom stereocenters. The van der Waals surface area contributed by atoms with Gasteiger partial charge in [0.25, 0.3) is 5.91 Å². The van der Waals surface area contributed by atoms with Crippen LogP contribution in [0.3, 0.4) is 0 Å². The van der Waals surface area contributed by atoms with E-state index in [0.29, 0.717) is 21.7 Å². The van der Waals surface area contributed by atoms with Gasteiger partial charge >= 0.3 is 5.97 Å². The molecule has 108 valence electrons. The molecule has 0 saturated carbocycles. The topological polar surface area (TPSA) is 66.4 Å². The number of halogens is 1. The highest BCUT2D eigenvalue weighted by Gasteiger charge is 2.23. The number of hydrogen-bond acceptors (Lipinski definition) is 2. The highest BCUT2D eigenvalue weighted by atomic mass is 35.5. The molecule has 0 spiro atoms. The van der Waals surface area contributed by atoms with Crippen LogP contribution in [0.5, 0.6) is 0 Å². The maximum atomic E-state index is 12.3. The van der Waals surface area contributed by atoms with Crippen LogP contribution in [0.15, 0.2) is 48.5 Å². The number of carbonyl (C=O) groups is 2. The van der Waals surface area contributed by atoms with Crippen molar-refractivity contribution in [3.05, 3.63) is 70.2 Å². The number of amides is 1. The van der Waals surface area contributed by atoms with E-state index in [-0.39, 0.29) is 0 Å². The van der Waals surface area contributed by atoms with E-state index in [0.717, 1.165) is 0 Å². The van der Waals surface area contributed by atoms with Crippen LogP contribution >= 0.6 is 11.6 Å². The Morgan fingerprint density at radius 2 is 1.76 bits per heavy atom. The lowest BCUT2D eigenvalue weighted by Gasteiger charge is -2.16. The molecule has 0 aromatic heterocycles. The minimum absolute atomic E-state index is 0.365. The maximum absolute atomic E-state index is 12.3. The van der Waals surface area contributed by atoms with Crippen LogP contribution in [0.25, 0.3) is 0 Å². The van der Waals surface area contributed by atoms with Gasteiger partial charge in [-0.3, -0.25) is 4.79 Å². The number of carboxylic acid groups (broad SMARTS) is 1. The zero-order chi connectivity index (χ0) is 15.4. The number of aliphatic carboxylic acids is 1. The fourth-order valence-corrected chi connectivity index (χ4v) is 2.17. The zero-order valence-electron chi connectivity index (χ0n) is 11.3. The van der Waals surface area contributed by atoms with Crippen LogP contribution < -0.4 is 5.32 Å². The van der Waals surface area contributed by atoms with Gasteiger partial charge in [-0.1, -0.05) is 48.0 Å². The zero-order valence-corrected chi connectivity index (χ0v) is 12.1. The van der Waals surface area contributed by atoms with Gasteiger partial charge in [-0.15, -0.1) is 0 Å². The minimum Gasteiger partial charge on any atom is -0.479 e. The van der Waals surface area contributed by atoms with E-state index >= 15 is 0 Å². The largest absolute Gasteiger partial charge is 0.479 e. The van der Waals surface area contributed by atoms with Crippen molar-refractivity contribution in [3.63, 3.8) is 0 Å². The predicted octanol–water partition coefficient (Wildman–Crippen LogP) is 3.20. The summed E-state index contributed by atoms with van der Waals surface area (Å²) in [5.41, 5.74) is 1.50. The smallest absolute Gasteiger partial charge is 0.330 e. The SMILES string of the molecule is Cc1c(Cl)cccc1C(=O)N[C@H](C(=O)O)c1ccccc1. The number of carbonyl (C=O) groups excluding carboxylic acids is 1. The van der Waals surface area contributed by atoms with Crippen molar-refractivity contribution in [2.45, 2.75) is 13.0 Å². The summed E-state index contributed by atoms with van der Waals surface area (Å²) in [5, 5.41) is 12.3. The Morgan fingerprint density at radius 3 is 2.38 bits per heavy atom. The standard InChI is InChI=1S/C16H14ClNO3/c1-10-12(8-5-9-13(10)17)15(19)18-14(16(20)21)11-6-3-2-4-7-11/h2-9,14H,1H3,(H,18,19)(H,20,21)/t14-/m0/s1. The number of rotatable bonds is 4. The van der Waals surface area contributed by atoms with Crippen molar-refractivity contribution < 1.29 is 14.7 Å². The lowest BCUT2D eigenvalue weighted by atomic mass is 10.0. The van der Waals surface area contributed by atoms with Gasteiger partial charge in [0.15, 0.2) is 6.04 Å². The molecule has 2 N–H and O–H groups in total. The number of benzene rings is 2. The second-order valence-electron chi connectivity index (χ2n) is 4.57. The molecular weight excluding hydrogens is 290 g/mol. The van der Waals surface area contributed by atoms with Crippen molar-refractivity contribution in [2.24, 2.45) is 0 Å². The van der Waals surface area contributed by atoms with Gasteiger partial charge in [0.2, 0.25) is 0 Å². The van der Waals surface area contributed by atoms with Crippen molar-refractivity contribution in [1.82, 2.24) is 5.32 Å². The Balaban J connectivity index is 2.28. The molecule has 2 rings (SSSR count). The Labute approximate surface area is 127 Å². The molecule has 0 bridgehead atoms. The van der Waals surface area contributed by atoms with Crippen LogP contribution in [-0.2, 0) is 4.79 Å². The maximum Gasteiger partial charge on any atom is 0.330 e. The lowest BCUT2D eigenvalue weighted by Crippen LogP contribution is -2.34. The first-order chi connectivity index (χ1) is 10.0. The molecule has 0 radical (unpaired) electrons. The first kappa shape index (κ1) is 15.1. The van der Waals surface area contributed by atoms with Crippen LogP contribution in [0.2, 0.25) is 5.02 Å². The number of carboxylic acids is 1. The molecule has 1 atom stereocenters. The van der Waals surface area contributed by atoms with Crippen LogP contribution in [-0.4, -0.2) is 17.0 Å². The molecule has 1 amide bonds. The summed E-state index contributed by atoms with van der Waals surface area (Å²) in [4.78, 5) is 23.7. The molecule has 0 heterocycles. The Morgan fingerprint density at radius 1 is 1.10 bits per heavy atom. The number of hydrogen-bond donors (Lipinski definition) is 2. The lowest BCUT2D eigenvalue weighted by molar-refractivity contribution is -0.139. The average Bonchev–Trinajstić information content (AvgIpc) is 2.48. The molecule has 0 fully saturated rings. The molecule has 2 aromatic carbocycles. The molecule has 4 nitrogen and oxygen atoms in total. The second-order valence-corrected chi connectivity index (χ2v) is 4.97. The molecule has 0 saturated heterocycles. The molecule has 21 heavy (non-hydrogen) atoms. The first-order valence-corrected chi connectivity index (χ1v) is 6.72. The van der Waals surface area contributed by atoms with E-state index in [1.54, 1.807) is 55.5 Å². The van der Waals surface area contributed by atoms with Crippen molar-refractivity contribution in [2.75, 3.05) is 0 Å². The van der Waals surface area contributed by atoms with Gasteiger partial charge in [-0.25, -0.2) is 4.79 Å². The minimum atomic E-state index is -1.12. The van der Waals surface area contributed by atoms with Gasteiger partial charge in [-0.2, -0.15) is 0 Å². The van der Waals surface area contributed by atoms with Crippen molar-refractivity contribution in [3.8, 4) is 0 Å². The third-order valence-corrected chi connectivity index (χ3v) is 3.58. The molecule has 0 aliphatic heterocycles. The van der Waals surface area contributed by atoms with E-state index in [1.807, 2.05) is 0 Å². The average molecular weight is 304 g/mol. The summed E-state index contributed by atoms with van der Waals surface area (Å²) in [5.74, 6) is -1.58. The highest BCUT2D eigenvalue weighted by Crippen LogP contribution is 2.20. The van der Waals surface area contributed by atoms with Crippen LogP contribution in [0.1, 0.15) is 27.5 Å². The normalized spacial score (nSPS) is 11.7. The molecule has 2 aromatic rings. The Kier molecular flexibility index (Phi) is 4.60. The van der Waals surface area contributed by atoms with E-state index in [4.69, 9.17) is 11.6 Å². The molecular formula is C16H14ClNO3. The fraction of sp³-hybridized carbons (Fsp3) is 0.125. The van der Waals surface area contributed by atoms with Crippen molar-refractivity contribution in [1.29, 1.82) is 0 Å². The summed E-state index contributed by atoms with van der Waals surface area (Å²) in [6.07, 6.45) is 0. The predicted molar refractivity (Wildman–Crippen MR) is 80.5 cm³/mol. The molecule has 5 heteroatoms. The van der Waals surface area contributed by atoms with E-state index in [9.17, 15) is 14.7 Å². The summed E-state index contributed by atoms with van der Waals surface area (Å²) < 4.78 is 0. The van der Waals surface area contributed by atoms with Gasteiger partial charge in [0.05, 0.1) is 0 Å². The van der Waals surface area contributed by atoms with E-state index < -0.39 is 17.9 Å². The van der Waals surface area contributed by atoms with Crippen LogP contribution in [0.4, 0.5) is 0 Å². The third-order valence-electron chi connectivity index (χ3n) is 3.17. The summed E-state index contributed by atoms with van der Waals surface area (Å²) in [6, 6.07) is 12.4. The summed E-state index contributed by atoms with van der Waals surface area (Å²) >= 11 is 5.98. The van der Waals surface area contributed by atoms with Crippen molar-refractivity contribution >= 4 is 23.5 Å². The molecule has 0 aliphatic carbocycles. The van der Waals surface area contributed by atoms with E-state index in [1.165, 1.54) is 0 Å². The quantitative estimate of drug-likeness (QED) is 0.911. The third kappa shape index (κ3) is 3.41. The summed E-state index contributed by atoms with van der Waals surface area (Å²) in [7, 11) is 0. The van der Waals surface area contributed by atoms with E-state index in [2.05, 4.69) is 5.32 Å². The van der Waals surface area contributed by atoms with Gasteiger partial charge < -0.3 is 10.4 Å². The highest BCUT2D eigenvalue weighted by molar-refractivity contribution is 6.31. The van der Waals surface area contributed by atoms with Gasteiger partial charge in [-0.05, 0) is 30.2 Å². The monoisotopic (exact) mass is 303 g/mol. The Hall–Kier alpha value is -2.33. The van der Waals surface area contributed by atoms with Gasteiger partial charge in [0, 0.05) is 10.6 Å². The number of nitrogens with one attached hydrogen (secondary N) is 1. The van der Waals surface area contributed by atoms with Crippen LogP contribution in [0, 0.1) is 6.92 Å². The molecule has 0 aliphatic rings. The Bertz CT molecular complexity index is 670. The van der Waals surface area contributed by atoms with Gasteiger partial charge in [0.1, 0.15) is 0 Å².